The summed E-state index contributed by atoms with van der Waals surface area (Å²) in [7, 11) is -2.70. The zero-order chi connectivity index (χ0) is 29.2. The van der Waals surface area contributed by atoms with Gasteiger partial charge in [-0.25, -0.2) is 17.5 Å². The number of hydrogen-bond donors (Lipinski definition) is 0. The van der Waals surface area contributed by atoms with Crippen LogP contribution in [0.15, 0.2) is 60.0 Å². The Balaban J connectivity index is 1.44. The normalized spacial score (nSPS) is 21.3. The summed E-state index contributed by atoms with van der Waals surface area (Å²) in [5, 5.41) is 11.9. The van der Waals surface area contributed by atoms with Crippen LogP contribution in [0.4, 0.5) is 17.6 Å². The number of piperidine rings is 1. The van der Waals surface area contributed by atoms with Crippen molar-refractivity contribution in [3.8, 4) is 5.69 Å². The molecule has 0 bridgehead atoms. The van der Waals surface area contributed by atoms with Crippen LogP contribution in [0.3, 0.4) is 0 Å². The molecule has 0 spiro atoms. The average Bonchev–Trinajstić information content (AvgIpc) is 3.57. The number of carbonyl (C=O) groups excluding carboxylic acids is 1. The Kier molecular flexibility index (Phi) is 6.33. The first-order valence-corrected chi connectivity index (χ1v) is 14.1. The van der Waals surface area contributed by atoms with Crippen molar-refractivity contribution in [1.82, 2.24) is 34.1 Å². The standard InChI is InChI=1S/C26H23F4N7O3S/c1-35-32-14-23(34-35)41(39,40)36-9-7-17-11-22-16(13-33-37(22)20-4-2-19(27)3-5-20)12-25(17,15-36)24(38)21-10-18(6-8-31-21)26(28,29)30/h2-6,8,10,13-14,17H,7,9,11-12,15H2,1H3/t17-,25-/m1/s1. The van der Waals surface area contributed by atoms with Gasteiger partial charge in [-0.1, -0.05) is 0 Å². The summed E-state index contributed by atoms with van der Waals surface area (Å²) >= 11 is 0. The lowest BCUT2D eigenvalue weighted by atomic mass is 9.60. The monoisotopic (exact) mass is 589 g/mol. The van der Waals surface area contributed by atoms with Crippen molar-refractivity contribution in [2.24, 2.45) is 18.4 Å². The Bertz CT molecular complexity index is 1750. The van der Waals surface area contributed by atoms with Gasteiger partial charge in [0.15, 0.2) is 5.78 Å². The van der Waals surface area contributed by atoms with E-state index < -0.39 is 50.4 Å². The molecule has 214 valence electrons. The molecule has 10 nitrogen and oxygen atoms in total. The fourth-order valence-electron chi connectivity index (χ4n) is 5.85. The van der Waals surface area contributed by atoms with Gasteiger partial charge in [-0.05, 0) is 67.1 Å². The summed E-state index contributed by atoms with van der Waals surface area (Å²) in [6.07, 6.45) is -0.528. The Morgan fingerprint density at radius 3 is 2.54 bits per heavy atom. The van der Waals surface area contributed by atoms with Crippen LogP contribution in [0.2, 0.25) is 0 Å². The quantitative estimate of drug-likeness (QED) is 0.259. The van der Waals surface area contributed by atoms with E-state index in [0.717, 1.165) is 33.3 Å². The zero-order valence-electron chi connectivity index (χ0n) is 21.6. The summed E-state index contributed by atoms with van der Waals surface area (Å²) in [6, 6.07) is 7.23. The third kappa shape index (κ3) is 4.62. The van der Waals surface area contributed by atoms with E-state index in [4.69, 9.17) is 0 Å². The number of carbonyl (C=O) groups is 1. The molecule has 1 fully saturated rings. The Hall–Kier alpha value is -3.98. The van der Waals surface area contributed by atoms with Crippen LogP contribution in [0.25, 0.3) is 5.69 Å². The van der Waals surface area contributed by atoms with Crippen molar-refractivity contribution >= 4 is 15.8 Å². The number of Topliss-reactive ketones (excluding diaryl/α,β-unsaturated/α-hetero) is 1. The highest BCUT2D eigenvalue weighted by molar-refractivity contribution is 7.89. The van der Waals surface area contributed by atoms with Crippen molar-refractivity contribution in [3.63, 3.8) is 0 Å². The molecular weight excluding hydrogens is 566 g/mol. The van der Waals surface area contributed by atoms with E-state index in [1.807, 2.05) is 0 Å². The third-order valence-corrected chi connectivity index (χ3v) is 9.60. The smallest absolute Gasteiger partial charge is 0.292 e. The fraction of sp³-hybridized carbons (Fsp3) is 0.346. The summed E-state index contributed by atoms with van der Waals surface area (Å²) in [5.74, 6) is -1.53. The number of alkyl halides is 3. The first kappa shape index (κ1) is 27.2. The number of hydrogen-bond acceptors (Lipinski definition) is 7. The minimum Gasteiger partial charge on any atom is -0.292 e. The number of nitrogens with zero attached hydrogens (tertiary/aromatic N) is 7. The molecule has 0 amide bonds. The summed E-state index contributed by atoms with van der Waals surface area (Å²) < 4.78 is 83.9. The van der Waals surface area contributed by atoms with Crippen LogP contribution >= 0.6 is 0 Å². The van der Waals surface area contributed by atoms with Gasteiger partial charge < -0.3 is 0 Å². The largest absolute Gasteiger partial charge is 0.416 e. The second kappa shape index (κ2) is 9.55. The zero-order valence-corrected chi connectivity index (χ0v) is 22.4. The van der Waals surface area contributed by atoms with Crippen LogP contribution in [0.1, 0.15) is 33.7 Å². The first-order valence-electron chi connectivity index (χ1n) is 12.6. The lowest BCUT2D eigenvalue weighted by Gasteiger charge is -2.48. The predicted molar refractivity (Wildman–Crippen MR) is 135 cm³/mol. The molecule has 0 saturated carbocycles. The molecule has 0 N–H and O–H groups in total. The fourth-order valence-corrected chi connectivity index (χ4v) is 7.27. The molecule has 1 aromatic carbocycles. The van der Waals surface area contributed by atoms with Gasteiger partial charge in [0.2, 0.25) is 5.03 Å². The van der Waals surface area contributed by atoms with Crippen LogP contribution < -0.4 is 0 Å². The molecule has 2 atom stereocenters. The van der Waals surface area contributed by atoms with E-state index in [0.29, 0.717) is 23.7 Å². The minimum absolute atomic E-state index is 0.0252. The van der Waals surface area contributed by atoms with E-state index in [1.54, 1.807) is 23.0 Å². The van der Waals surface area contributed by atoms with Crippen LogP contribution in [0, 0.1) is 17.2 Å². The van der Waals surface area contributed by atoms with E-state index in [2.05, 4.69) is 20.3 Å². The van der Waals surface area contributed by atoms with Crippen molar-refractivity contribution in [1.29, 1.82) is 0 Å². The van der Waals surface area contributed by atoms with Gasteiger partial charge >= 0.3 is 6.18 Å². The van der Waals surface area contributed by atoms with E-state index in [1.165, 1.54) is 19.2 Å². The summed E-state index contributed by atoms with van der Waals surface area (Å²) in [5.41, 5.74) is -0.818. The molecule has 1 saturated heterocycles. The minimum atomic E-state index is -4.70. The van der Waals surface area contributed by atoms with E-state index >= 15 is 0 Å². The van der Waals surface area contributed by atoms with Gasteiger partial charge in [0.1, 0.15) is 11.5 Å². The van der Waals surface area contributed by atoms with Crippen LogP contribution in [-0.2, 0) is 36.1 Å². The molecule has 4 aromatic rings. The molecule has 1 aliphatic heterocycles. The lowest BCUT2D eigenvalue weighted by Crippen LogP contribution is -2.57. The number of pyridine rings is 1. The Labute approximate surface area is 231 Å². The molecule has 3 aromatic heterocycles. The maximum atomic E-state index is 14.2. The molecule has 2 aliphatic rings. The highest BCUT2D eigenvalue weighted by atomic mass is 32.2. The second-order valence-corrected chi connectivity index (χ2v) is 12.2. The maximum Gasteiger partial charge on any atom is 0.416 e. The first-order chi connectivity index (χ1) is 19.4. The Morgan fingerprint density at radius 2 is 1.85 bits per heavy atom. The highest BCUT2D eigenvalue weighted by Gasteiger charge is 2.55. The number of sulfonamides is 1. The summed E-state index contributed by atoms with van der Waals surface area (Å²) in [6.45, 7) is -0.219. The molecule has 15 heteroatoms. The molecule has 0 radical (unpaired) electrons. The van der Waals surface area contributed by atoms with Gasteiger partial charge in [-0.3, -0.25) is 9.78 Å². The van der Waals surface area contributed by atoms with Crippen molar-refractivity contribution in [2.75, 3.05) is 13.1 Å². The van der Waals surface area contributed by atoms with Crippen molar-refractivity contribution in [3.05, 3.63) is 83.3 Å². The number of aromatic nitrogens is 6. The van der Waals surface area contributed by atoms with Crippen molar-refractivity contribution < 1.29 is 30.8 Å². The van der Waals surface area contributed by atoms with Gasteiger partial charge in [-0.15, -0.1) is 5.10 Å². The number of fused-ring (bicyclic) bond motifs is 2. The predicted octanol–water partition coefficient (Wildman–Crippen LogP) is 3.23. The Morgan fingerprint density at radius 1 is 1.10 bits per heavy atom. The number of ketones is 1. The average molecular weight is 590 g/mol. The SMILES string of the molecule is Cn1ncc(S(=O)(=O)N2CC[C@@H]3Cc4c(cnn4-c4ccc(F)cc4)C[C@@]3(C(=O)c3cc(C(F)(F)F)ccn3)C2)n1. The number of halogens is 4. The molecule has 6 rings (SSSR count). The molecule has 41 heavy (non-hydrogen) atoms. The number of benzene rings is 1. The van der Waals surface area contributed by atoms with Gasteiger partial charge in [0.25, 0.3) is 10.0 Å². The van der Waals surface area contributed by atoms with E-state index in [9.17, 15) is 30.8 Å². The summed E-state index contributed by atoms with van der Waals surface area (Å²) in [4.78, 5) is 19.3. The number of rotatable bonds is 5. The third-order valence-electron chi connectivity index (χ3n) is 7.89. The van der Waals surface area contributed by atoms with Gasteiger partial charge in [0.05, 0.1) is 29.1 Å². The number of aryl methyl sites for hydroxylation is 1. The maximum absolute atomic E-state index is 14.2. The van der Waals surface area contributed by atoms with E-state index in [-0.39, 0.29) is 31.0 Å². The van der Waals surface area contributed by atoms with Crippen molar-refractivity contribution in [2.45, 2.75) is 30.5 Å². The van der Waals surface area contributed by atoms with Crippen LogP contribution in [-0.4, -0.2) is 61.4 Å². The lowest BCUT2D eigenvalue weighted by molar-refractivity contribution is -0.137. The van der Waals surface area contributed by atoms with Gasteiger partial charge in [0, 0.05) is 32.0 Å². The molecule has 4 heterocycles. The topological polar surface area (TPSA) is 116 Å². The molecular formula is C26H23F4N7O3S. The van der Waals surface area contributed by atoms with Gasteiger partial charge in [-0.2, -0.15) is 32.5 Å². The van der Waals surface area contributed by atoms with Crippen LogP contribution in [0.5, 0.6) is 0 Å². The second-order valence-electron chi connectivity index (χ2n) is 10.3. The molecule has 1 aliphatic carbocycles. The highest BCUT2D eigenvalue weighted by Crippen LogP contribution is 2.48. The molecule has 0 unspecified atom stereocenters.